The minimum absolute atomic E-state index is 0.607. The number of halogens is 1. The van der Waals surface area contributed by atoms with Gasteiger partial charge < -0.3 is 10.2 Å². The number of nitrogens with zero attached hydrogens (tertiary/aromatic N) is 1. The van der Waals surface area contributed by atoms with Crippen molar-refractivity contribution in [2.45, 2.75) is 0 Å². The maximum atomic E-state index is 5.33. The van der Waals surface area contributed by atoms with E-state index in [1.54, 1.807) is 14.2 Å². The second kappa shape index (κ2) is 4.97. The molecule has 1 aromatic rings. The summed E-state index contributed by atoms with van der Waals surface area (Å²) in [5.41, 5.74) is 3.39. The van der Waals surface area contributed by atoms with Crippen molar-refractivity contribution in [3.05, 3.63) is 28.2 Å². The standard InChI is InChI=1S/C9H12BrN3O/c1-12-9(13-11)7-5-6(14-2)3-4-8(7)10/h3-5H,11H2,1-2H3,(H,12,13). The first kappa shape index (κ1) is 11.0. The minimum atomic E-state index is 0.607. The first-order chi connectivity index (χ1) is 6.72. The molecule has 0 aliphatic rings. The number of ether oxygens (including phenoxy) is 1. The molecule has 3 N–H and O–H groups in total. The maximum absolute atomic E-state index is 5.33. The lowest BCUT2D eigenvalue weighted by atomic mass is 10.2. The van der Waals surface area contributed by atoms with Gasteiger partial charge >= 0.3 is 0 Å². The molecule has 0 aliphatic heterocycles. The van der Waals surface area contributed by atoms with Crippen LogP contribution in [0.4, 0.5) is 0 Å². The molecule has 0 unspecified atom stereocenters. The summed E-state index contributed by atoms with van der Waals surface area (Å²) in [6.07, 6.45) is 0. The quantitative estimate of drug-likeness (QED) is 0.364. The fourth-order valence-electron chi connectivity index (χ4n) is 1.08. The average Bonchev–Trinajstić information content (AvgIpc) is 2.22. The first-order valence-corrected chi connectivity index (χ1v) is 4.79. The molecule has 76 valence electrons. The van der Waals surface area contributed by atoms with E-state index in [0.717, 1.165) is 15.8 Å². The van der Waals surface area contributed by atoms with Crippen molar-refractivity contribution in [1.29, 1.82) is 0 Å². The molecule has 4 nitrogen and oxygen atoms in total. The summed E-state index contributed by atoms with van der Waals surface area (Å²) in [4.78, 5) is 4.01. The molecular weight excluding hydrogens is 246 g/mol. The average molecular weight is 258 g/mol. The lowest BCUT2D eigenvalue weighted by Crippen LogP contribution is -2.31. The van der Waals surface area contributed by atoms with Crippen LogP contribution < -0.4 is 16.0 Å². The number of hydrazine groups is 1. The van der Waals surface area contributed by atoms with Crippen LogP contribution in [0.1, 0.15) is 5.56 Å². The Hall–Kier alpha value is -1.07. The van der Waals surface area contributed by atoms with E-state index in [2.05, 4.69) is 26.3 Å². The van der Waals surface area contributed by atoms with Gasteiger partial charge in [0.2, 0.25) is 0 Å². The SMILES string of the molecule is CN=C(NN)c1cc(OC)ccc1Br. The smallest absolute Gasteiger partial charge is 0.143 e. The summed E-state index contributed by atoms with van der Waals surface area (Å²) in [7, 11) is 3.28. The van der Waals surface area contributed by atoms with Crippen molar-refractivity contribution in [3.8, 4) is 5.75 Å². The van der Waals surface area contributed by atoms with Gasteiger partial charge in [-0.05, 0) is 18.2 Å². The van der Waals surface area contributed by atoms with E-state index in [4.69, 9.17) is 10.6 Å². The number of nitrogens with two attached hydrogens (primary N) is 1. The van der Waals surface area contributed by atoms with Gasteiger partial charge in [-0.1, -0.05) is 15.9 Å². The van der Waals surface area contributed by atoms with Crippen molar-refractivity contribution < 1.29 is 4.74 Å². The van der Waals surface area contributed by atoms with E-state index in [1.807, 2.05) is 18.2 Å². The van der Waals surface area contributed by atoms with Gasteiger partial charge in [-0.3, -0.25) is 4.99 Å². The summed E-state index contributed by atoms with van der Waals surface area (Å²) in [5.74, 6) is 6.70. The van der Waals surface area contributed by atoms with Crippen molar-refractivity contribution >= 4 is 21.8 Å². The van der Waals surface area contributed by atoms with Crippen LogP contribution in [0, 0.1) is 0 Å². The zero-order valence-electron chi connectivity index (χ0n) is 8.04. The molecule has 0 aliphatic carbocycles. The third kappa shape index (κ3) is 2.24. The summed E-state index contributed by atoms with van der Waals surface area (Å²) >= 11 is 3.41. The van der Waals surface area contributed by atoms with Crippen LogP contribution >= 0.6 is 15.9 Å². The van der Waals surface area contributed by atoms with Gasteiger partial charge in [0.05, 0.1) is 7.11 Å². The van der Waals surface area contributed by atoms with Gasteiger partial charge in [0.1, 0.15) is 11.6 Å². The number of rotatable bonds is 2. The molecule has 5 heteroatoms. The fraction of sp³-hybridized carbons (Fsp3) is 0.222. The van der Waals surface area contributed by atoms with E-state index >= 15 is 0 Å². The summed E-state index contributed by atoms with van der Waals surface area (Å²) in [5, 5.41) is 0. The highest BCUT2D eigenvalue weighted by atomic mass is 79.9. The fourth-order valence-corrected chi connectivity index (χ4v) is 1.51. The Labute approximate surface area is 91.3 Å². The molecule has 0 fully saturated rings. The van der Waals surface area contributed by atoms with Crippen LogP contribution in [-0.2, 0) is 0 Å². The molecule has 0 heterocycles. The number of benzene rings is 1. The van der Waals surface area contributed by atoms with Gasteiger partial charge in [-0.25, -0.2) is 5.84 Å². The van der Waals surface area contributed by atoms with E-state index in [9.17, 15) is 0 Å². The zero-order valence-corrected chi connectivity index (χ0v) is 9.63. The van der Waals surface area contributed by atoms with E-state index in [1.165, 1.54) is 0 Å². The van der Waals surface area contributed by atoms with Crippen molar-refractivity contribution in [3.63, 3.8) is 0 Å². The van der Waals surface area contributed by atoms with Gasteiger partial charge in [0.25, 0.3) is 0 Å². The van der Waals surface area contributed by atoms with Gasteiger partial charge in [0.15, 0.2) is 0 Å². The number of amidine groups is 1. The lowest BCUT2D eigenvalue weighted by Gasteiger charge is -2.08. The van der Waals surface area contributed by atoms with Crippen LogP contribution in [0.3, 0.4) is 0 Å². The Morgan fingerprint density at radius 3 is 2.79 bits per heavy atom. The molecule has 1 aromatic carbocycles. The largest absolute Gasteiger partial charge is 0.497 e. The monoisotopic (exact) mass is 257 g/mol. The first-order valence-electron chi connectivity index (χ1n) is 4.00. The van der Waals surface area contributed by atoms with E-state index < -0.39 is 0 Å². The lowest BCUT2D eigenvalue weighted by molar-refractivity contribution is 0.414. The molecule has 0 amide bonds. The van der Waals surface area contributed by atoms with Crippen LogP contribution in [0.5, 0.6) is 5.75 Å². The van der Waals surface area contributed by atoms with E-state index in [-0.39, 0.29) is 0 Å². The van der Waals surface area contributed by atoms with Crippen LogP contribution in [-0.4, -0.2) is 20.0 Å². The zero-order chi connectivity index (χ0) is 10.6. The third-order valence-electron chi connectivity index (χ3n) is 1.79. The Bertz CT molecular complexity index is 352. The van der Waals surface area contributed by atoms with Crippen LogP contribution in [0.15, 0.2) is 27.7 Å². The van der Waals surface area contributed by atoms with Crippen LogP contribution in [0.2, 0.25) is 0 Å². The number of hydrogen-bond acceptors (Lipinski definition) is 3. The molecular formula is C9H12BrN3O. The van der Waals surface area contributed by atoms with Crippen molar-refractivity contribution in [1.82, 2.24) is 5.43 Å². The van der Waals surface area contributed by atoms with Crippen LogP contribution in [0.25, 0.3) is 0 Å². The molecule has 14 heavy (non-hydrogen) atoms. The molecule has 0 radical (unpaired) electrons. The summed E-state index contributed by atoms with van der Waals surface area (Å²) in [6.45, 7) is 0. The predicted octanol–water partition coefficient (Wildman–Crippen LogP) is 1.30. The Morgan fingerprint density at radius 2 is 2.29 bits per heavy atom. The normalized spacial score (nSPS) is 11.3. The van der Waals surface area contributed by atoms with Gasteiger partial charge in [-0.15, -0.1) is 0 Å². The van der Waals surface area contributed by atoms with E-state index in [0.29, 0.717) is 5.84 Å². The minimum Gasteiger partial charge on any atom is -0.497 e. The Kier molecular flexibility index (Phi) is 3.91. The number of nitrogens with one attached hydrogen (secondary N) is 1. The number of methoxy groups -OCH3 is 1. The predicted molar refractivity (Wildman–Crippen MR) is 60.5 cm³/mol. The molecule has 0 aromatic heterocycles. The molecule has 0 spiro atoms. The maximum Gasteiger partial charge on any atom is 0.143 e. The number of aliphatic imine (C=N–C) groups is 1. The summed E-state index contributed by atoms with van der Waals surface area (Å²) in [6, 6.07) is 5.60. The number of hydrogen-bond donors (Lipinski definition) is 2. The Morgan fingerprint density at radius 1 is 1.57 bits per heavy atom. The molecule has 0 atom stereocenters. The third-order valence-corrected chi connectivity index (χ3v) is 2.48. The topological polar surface area (TPSA) is 59.6 Å². The highest BCUT2D eigenvalue weighted by molar-refractivity contribution is 9.10. The second-order valence-electron chi connectivity index (χ2n) is 2.56. The molecule has 0 saturated carbocycles. The highest BCUT2D eigenvalue weighted by Crippen LogP contribution is 2.22. The molecule has 1 rings (SSSR count). The second-order valence-corrected chi connectivity index (χ2v) is 3.42. The van der Waals surface area contributed by atoms with Gasteiger partial charge in [0, 0.05) is 17.1 Å². The molecule has 0 bridgehead atoms. The van der Waals surface area contributed by atoms with Crippen molar-refractivity contribution in [2.75, 3.05) is 14.2 Å². The molecule has 0 saturated heterocycles. The van der Waals surface area contributed by atoms with Gasteiger partial charge in [-0.2, -0.15) is 0 Å². The Balaban J connectivity index is 3.18. The highest BCUT2D eigenvalue weighted by Gasteiger charge is 2.07. The van der Waals surface area contributed by atoms with Crippen molar-refractivity contribution in [2.24, 2.45) is 10.8 Å². The summed E-state index contributed by atoms with van der Waals surface area (Å²) < 4.78 is 6.02.